The number of nitrogens with zero attached hydrogens (tertiary/aromatic N) is 1. The van der Waals surface area contributed by atoms with Gasteiger partial charge in [-0.1, -0.05) is 0 Å². The summed E-state index contributed by atoms with van der Waals surface area (Å²) < 4.78 is 5.17. The van der Waals surface area contributed by atoms with Crippen LogP contribution in [0.2, 0.25) is 5.22 Å². The number of nitriles is 1. The lowest BCUT2D eigenvalue weighted by Crippen LogP contribution is -2.25. The van der Waals surface area contributed by atoms with Crippen LogP contribution in [0.3, 0.4) is 0 Å². The van der Waals surface area contributed by atoms with Gasteiger partial charge in [0.2, 0.25) is 0 Å². The zero-order valence-corrected chi connectivity index (χ0v) is 9.36. The van der Waals surface area contributed by atoms with Gasteiger partial charge >= 0.3 is 0 Å². The molecule has 1 atom stereocenters. The van der Waals surface area contributed by atoms with E-state index in [4.69, 9.17) is 21.3 Å². The van der Waals surface area contributed by atoms with Gasteiger partial charge in [-0.05, 0) is 30.8 Å². The zero-order valence-electron chi connectivity index (χ0n) is 7.79. The molecular weight excluding hydrogens is 220 g/mol. The maximum Gasteiger partial charge on any atom is 0.193 e. The molecular formula is C9H11ClN2OS. The van der Waals surface area contributed by atoms with Crippen molar-refractivity contribution in [2.24, 2.45) is 0 Å². The SMILES string of the molecule is CNC(C#N)CSCc1ccc(Cl)o1. The second-order valence-corrected chi connectivity index (χ2v) is 4.09. The molecule has 0 aromatic carbocycles. The molecule has 0 aliphatic carbocycles. The normalized spacial score (nSPS) is 12.4. The Labute approximate surface area is 92.4 Å². The molecule has 1 heterocycles. The Balaban J connectivity index is 2.25. The van der Waals surface area contributed by atoms with Gasteiger partial charge in [-0.15, -0.1) is 0 Å². The zero-order chi connectivity index (χ0) is 10.4. The van der Waals surface area contributed by atoms with E-state index in [2.05, 4.69) is 11.4 Å². The van der Waals surface area contributed by atoms with Crippen LogP contribution in [0.5, 0.6) is 0 Å². The predicted octanol–water partition coefficient (Wildman–Crippen LogP) is 2.28. The molecule has 0 saturated carbocycles. The van der Waals surface area contributed by atoms with Gasteiger partial charge in [0.1, 0.15) is 11.8 Å². The molecule has 1 N–H and O–H groups in total. The summed E-state index contributed by atoms with van der Waals surface area (Å²) in [5.74, 6) is 2.32. The predicted molar refractivity (Wildman–Crippen MR) is 58.3 cm³/mol. The molecule has 1 aromatic rings. The lowest BCUT2D eigenvalue weighted by molar-refractivity contribution is 0.532. The minimum atomic E-state index is -0.106. The highest BCUT2D eigenvalue weighted by Gasteiger charge is 2.05. The summed E-state index contributed by atoms with van der Waals surface area (Å²) in [6.07, 6.45) is 0. The van der Waals surface area contributed by atoms with Crippen LogP contribution in [-0.4, -0.2) is 18.8 Å². The van der Waals surface area contributed by atoms with E-state index in [0.717, 1.165) is 17.3 Å². The number of thioether (sulfide) groups is 1. The lowest BCUT2D eigenvalue weighted by Gasteiger charge is -2.05. The Hall–Kier alpha value is -0.630. The molecule has 0 bridgehead atoms. The smallest absolute Gasteiger partial charge is 0.193 e. The Morgan fingerprint density at radius 3 is 3.00 bits per heavy atom. The van der Waals surface area contributed by atoms with Crippen LogP contribution in [0.1, 0.15) is 5.76 Å². The van der Waals surface area contributed by atoms with E-state index < -0.39 is 0 Å². The first-order valence-electron chi connectivity index (χ1n) is 4.15. The summed E-state index contributed by atoms with van der Waals surface area (Å²) in [5, 5.41) is 12.0. The highest BCUT2D eigenvalue weighted by Crippen LogP contribution is 2.18. The van der Waals surface area contributed by atoms with Crippen LogP contribution < -0.4 is 5.32 Å². The first kappa shape index (κ1) is 11.4. The van der Waals surface area contributed by atoms with E-state index in [9.17, 15) is 0 Å². The summed E-state index contributed by atoms with van der Waals surface area (Å²) in [6, 6.07) is 5.61. The van der Waals surface area contributed by atoms with Crippen LogP contribution in [-0.2, 0) is 5.75 Å². The fourth-order valence-corrected chi connectivity index (χ4v) is 2.01. The number of hydrogen-bond donors (Lipinski definition) is 1. The fourth-order valence-electron chi connectivity index (χ4n) is 0.892. The van der Waals surface area contributed by atoms with Crippen molar-refractivity contribution in [2.75, 3.05) is 12.8 Å². The first-order chi connectivity index (χ1) is 6.76. The Kier molecular flexibility index (Phi) is 4.88. The van der Waals surface area contributed by atoms with Crippen LogP contribution >= 0.6 is 23.4 Å². The third-order valence-corrected chi connectivity index (χ3v) is 2.92. The summed E-state index contributed by atoms with van der Waals surface area (Å²) >= 11 is 7.26. The molecule has 3 nitrogen and oxygen atoms in total. The van der Waals surface area contributed by atoms with E-state index in [1.165, 1.54) is 0 Å². The molecule has 1 rings (SSSR count). The minimum absolute atomic E-state index is 0.106. The van der Waals surface area contributed by atoms with E-state index in [0.29, 0.717) is 5.22 Å². The molecule has 0 saturated heterocycles. The molecule has 76 valence electrons. The largest absolute Gasteiger partial charge is 0.449 e. The van der Waals surface area contributed by atoms with E-state index in [1.807, 2.05) is 6.07 Å². The van der Waals surface area contributed by atoms with Crippen molar-refractivity contribution < 1.29 is 4.42 Å². The summed E-state index contributed by atoms with van der Waals surface area (Å²) in [7, 11) is 1.78. The topological polar surface area (TPSA) is 49.0 Å². The van der Waals surface area contributed by atoms with E-state index in [-0.39, 0.29) is 6.04 Å². The Morgan fingerprint density at radius 2 is 2.50 bits per heavy atom. The third-order valence-electron chi connectivity index (χ3n) is 1.66. The average Bonchev–Trinajstić information content (AvgIpc) is 2.59. The van der Waals surface area contributed by atoms with Crippen molar-refractivity contribution in [3.63, 3.8) is 0 Å². The van der Waals surface area contributed by atoms with E-state index >= 15 is 0 Å². The number of rotatable bonds is 5. The van der Waals surface area contributed by atoms with Gasteiger partial charge in [-0.25, -0.2) is 0 Å². The van der Waals surface area contributed by atoms with Crippen LogP contribution in [0.4, 0.5) is 0 Å². The van der Waals surface area contributed by atoms with Crippen LogP contribution in [0, 0.1) is 11.3 Å². The molecule has 1 aromatic heterocycles. The van der Waals surface area contributed by atoms with Gasteiger partial charge in [0.05, 0.1) is 11.8 Å². The number of hydrogen-bond acceptors (Lipinski definition) is 4. The minimum Gasteiger partial charge on any atom is -0.449 e. The summed E-state index contributed by atoms with van der Waals surface area (Å²) in [4.78, 5) is 0. The van der Waals surface area contributed by atoms with Crippen molar-refractivity contribution in [3.8, 4) is 6.07 Å². The summed E-state index contributed by atoms with van der Waals surface area (Å²) in [6.45, 7) is 0. The van der Waals surface area contributed by atoms with Crippen molar-refractivity contribution in [1.82, 2.24) is 5.32 Å². The summed E-state index contributed by atoms with van der Waals surface area (Å²) in [5.41, 5.74) is 0. The van der Waals surface area contributed by atoms with Gasteiger partial charge in [0.15, 0.2) is 5.22 Å². The van der Waals surface area contributed by atoms with Gasteiger partial charge in [-0.2, -0.15) is 17.0 Å². The third kappa shape index (κ3) is 3.62. The van der Waals surface area contributed by atoms with Gasteiger partial charge in [0.25, 0.3) is 0 Å². The average molecular weight is 231 g/mol. The highest BCUT2D eigenvalue weighted by molar-refractivity contribution is 7.98. The van der Waals surface area contributed by atoms with Crippen molar-refractivity contribution in [3.05, 3.63) is 23.1 Å². The molecule has 0 aliphatic rings. The van der Waals surface area contributed by atoms with Crippen molar-refractivity contribution in [2.45, 2.75) is 11.8 Å². The Morgan fingerprint density at radius 1 is 1.71 bits per heavy atom. The fraction of sp³-hybridized carbons (Fsp3) is 0.444. The molecule has 0 aliphatic heterocycles. The molecule has 0 spiro atoms. The lowest BCUT2D eigenvalue weighted by atomic mass is 10.4. The van der Waals surface area contributed by atoms with Crippen LogP contribution in [0.15, 0.2) is 16.5 Å². The molecule has 1 unspecified atom stereocenters. The van der Waals surface area contributed by atoms with Gasteiger partial charge in [-0.3, -0.25) is 0 Å². The second kappa shape index (κ2) is 5.97. The molecule has 0 amide bonds. The molecule has 0 radical (unpaired) electrons. The standard InChI is InChI=1S/C9H11ClN2OS/c1-12-7(4-11)5-14-6-8-2-3-9(10)13-8/h2-3,7,12H,5-6H2,1H3. The molecule has 14 heavy (non-hydrogen) atoms. The first-order valence-corrected chi connectivity index (χ1v) is 5.68. The maximum absolute atomic E-state index is 8.66. The van der Waals surface area contributed by atoms with Gasteiger partial charge < -0.3 is 9.73 Å². The van der Waals surface area contributed by atoms with Crippen molar-refractivity contribution in [1.29, 1.82) is 5.26 Å². The number of nitrogens with one attached hydrogen (secondary N) is 1. The Bertz CT molecular complexity index is 321. The van der Waals surface area contributed by atoms with Gasteiger partial charge in [0, 0.05) is 5.75 Å². The molecule has 5 heteroatoms. The number of halogens is 1. The highest BCUT2D eigenvalue weighted by atomic mass is 35.5. The maximum atomic E-state index is 8.66. The quantitative estimate of drug-likeness (QED) is 0.843. The second-order valence-electron chi connectivity index (χ2n) is 2.69. The monoisotopic (exact) mass is 230 g/mol. The van der Waals surface area contributed by atoms with Crippen molar-refractivity contribution >= 4 is 23.4 Å². The number of furan rings is 1. The molecule has 0 fully saturated rings. The van der Waals surface area contributed by atoms with Crippen LogP contribution in [0.25, 0.3) is 0 Å². The van der Waals surface area contributed by atoms with E-state index in [1.54, 1.807) is 24.9 Å².